The second kappa shape index (κ2) is 6.10. The van der Waals surface area contributed by atoms with Crippen LogP contribution in [0.5, 0.6) is 0 Å². The van der Waals surface area contributed by atoms with Crippen LogP contribution in [0.4, 0.5) is 0 Å². The van der Waals surface area contributed by atoms with E-state index in [0.717, 1.165) is 0 Å². The lowest BCUT2D eigenvalue weighted by Crippen LogP contribution is -2.29. The maximum Gasteiger partial charge on any atom is 0.360 e. The molecular weight excluding hydrogens is 238 g/mol. The van der Waals surface area contributed by atoms with Crippen LogP contribution in [0, 0.1) is 0 Å². The third kappa shape index (κ3) is 2.65. The smallest absolute Gasteiger partial charge is 0.360 e. The Kier molecular flexibility index (Phi) is 4.78. The number of nitrogens with two attached hydrogens (primary N) is 2. The SMILES string of the molecule is CCOC(=O)c1nnn(C(CC)C(N)=O)c1CN. The molecule has 1 aromatic heterocycles. The van der Waals surface area contributed by atoms with Crippen LogP contribution >= 0.6 is 0 Å². The Morgan fingerprint density at radius 2 is 2.11 bits per heavy atom. The molecule has 1 heterocycles. The van der Waals surface area contributed by atoms with Crippen molar-refractivity contribution in [3.05, 3.63) is 11.4 Å². The first-order chi connectivity index (χ1) is 8.56. The Balaban J connectivity index is 3.15. The van der Waals surface area contributed by atoms with E-state index in [1.807, 2.05) is 0 Å². The van der Waals surface area contributed by atoms with E-state index in [0.29, 0.717) is 12.1 Å². The van der Waals surface area contributed by atoms with Gasteiger partial charge in [-0.15, -0.1) is 5.10 Å². The third-order valence-electron chi connectivity index (χ3n) is 2.46. The molecule has 0 aliphatic rings. The Labute approximate surface area is 104 Å². The normalized spacial score (nSPS) is 12.2. The fraction of sp³-hybridized carbons (Fsp3) is 0.600. The molecule has 0 aromatic carbocycles. The van der Waals surface area contributed by atoms with Crippen LogP contribution < -0.4 is 11.5 Å². The Bertz CT molecular complexity index is 443. The van der Waals surface area contributed by atoms with E-state index in [2.05, 4.69) is 10.3 Å². The zero-order valence-corrected chi connectivity index (χ0v) is 10.4. The molecule has 18 heavy (non-hydrogen) atoms. The van der Waals surface area contributed by atoms with Gasteiger partial charge < -0.3 is 16.2 Å². The summed E-state index contributed by atoms with van der Waals surface area (Å²) in [5.74, 6) is -1.16. The molecule has 0 spiro atoms. The van der Waals surface area contributed by atoms with Crippen LogP contribution in [0.2, 0.25) is 0 Å². The van der Waals surface area contributed by atoms with Crippen molar-refractivity contribution in [1.82, 2.24) is 15.0 Å². The lowest BCUT2D eigenvalue weighted by atomic mass is 10.2. The number of nitrogens with zero attached hydrogens (tertiary/aromatic N) is 3. The van der Waals surface area contributed by atoms with Crippen molar-refractivity contribution in [3.8, 4) is 0 Å². The van der Waals surface area contributed by atoms with E-state index in [1.54, 1.807) is 13.8 Å². The molecule has 1 aromatic rings. The maximum atomic E-state index is 11.6. The minimum absolute atomic E-state index is 0.0188. The topological polar surface area (TPSA) is 126 Å². The quantitative estimate of drug-likeness (QED) is 0.650. The molecule has 8 nitrogen and oxygen atoms in total. The second-order valence-electron chi connectivity index (χ2n) is 3.58. The summed E-state index contributed by atoms with van der Waals surface area (Å²) in [6.45, 7) is 3.71. The number of hydrogen-bond acceptors (Lipinski definition) is 6. The number of esters is 1. The van der Waals surface area contributed by atoms with Crippen LogP contribution in [0.25, 0.3) is 0 Å². The molecule has 0 radical (unpaired) electrons. The molecule has 1 rings (SSSR count). The molecule has 0 fully saturated rings. The van der Waals surface area contributed by atoms with Crippen LogP contribution in [0.15, 0.2) is 0 Å². The summed E-state index contributed by atoms with van der Waals surface area (Å²) in [6, 6.07) is -0.667. The second-order valence-corrected chi connectivity index (χ2v) is 3.58. The summed E-state index contributed by atoms with van der Waals surface area (Å²) in [4.78, 5) is 22.9. The van der Waals surface area contributed by atoms with Gasteiger partial charge in [-0.2, -0.15) is 0 Å². The van der Waals surface area contributed by atoms with Crippen molar-refractivity contribution < 1.29 is 14.3 Å². The summed E-state index contributed by atoms with van der Waals surface area (Å²) in [7, 11) is 0. The van der Waals surface area contributed by atoms with Gasteiger partial charge in [0.2, 0.25) is 5.91 Å². The fourth-order valence-corrected chi connectivity index (χ4v) is 1.61. The highest BCUT2D eigenvalue weighted by Gasteiger charge is 2.25. The van der Waals surface area contributed by atoms with Gasteiger partial charge in [-0.25, -0.2) is 9.48 Å². The first-order valence-corrected chi connectivity index (χ1v) is 5.67. The average Bonchev–Trinajstić information content (AvgIpc) is 2.73. The predicted molar refractivity (Wildman–Crippen MR) is 62.4 cm³/mol. The first kappa shape index (κ1) is 14.1. The summed E-state index contributed by atoms with van der Waals surface area (Å²) in [5.41, 5.74) is 11.2. The summed E-state index contributed by atoms with van der Waals surface area (Å²) >= 11 is 0. The average molecular weight is 255 g/mol. The van der Waals surface area contributed by atoms with E-state index in [4.69, 9.17) is 16.2 Å². The van der Waals surface area contributed by atoms with Crippen LogP contribution in [0.3, 0.4) is 0 Å². The van der Waals surface area contributed by atoms with E-state index >= 15 is 0 Å². The largest absolute Gasteiger partial charge is 0.461 e. The Morgan fingerprint density at radius 3 is 2.56 bits per heavy atom. The van der Waals surface area contributed by atoms with Gasteiger partial charge in [0, 0.05) is 6.54 Å². The van der Waals surface area contributed by atoms with E-state index in [9.17, 15) is 9.59 Å². The van der Waals surface area contributed by atoms with Crippen molar-refractivity contribution in [1.29, 1.82) is 0 Å². The summed E-state index contributed by atoms with van der Waals surface area (Å²) in [6.07, 6.45) is 0.438. The monoisotopic (exact) mass is 255 g/mol. The zero-order valence-electron chi connectivity index (χ0n) is 10.4. The molecule has 1 unspecified atom stereocenters. The van der Waals surface area contributed by atoms with Gasteiger partial charge in [0.05, 0.1) is 12.3 Å². The zero-order chi connectivity index (χ0) is 13.7. The molecule has 4 N–H and O–H groups in total. The summed E-state index contributed by atoms with van der Waals surface area (Å²) < 4.78 is 6.12. The highest BCUT2D eigenvalue weighted by atomic mass is 16.5. The standard InChI is InChI=1S/C10H17N5O3/c1-3-6(9(12)16)15-7(5-11)8(13-14-15)10(17)18-4-2/h6H,3-5,11H2,1-2H3,(H2,12,16). The molecule has 0 bridgehead atoms. The highest BCUT2D eigenvalue weighted by molar-refractivity contribution is 5.88. The van der Waals surface area contributed by atoms with E-state index < -0.39 is 17.9 Å². The number of rotatable bonds is 6. The number of carbonyl (C=O) groups excluding carboxylic acids is 2. The van der Waals surface area contributed by atoms with Gasteiger partial charge in [-0.1, -0.05) is 12.1 Å². The number of ether oxygens (including phenoxy) is 1. The number of hydrogen-bond donors (Lipinski definition) is 2. The predicted octanol–water partition coefficient (Wildman–Crippen LogP) is -0.650. The minimum atomic E-state index is -0.667. The fourth-order valence-electron chi connectivity index (χ4n) is 1.61. The van der Waals surface area contributed by atoms with Gasteiger partial charge in [0.25, 0.3) is 0 Å². The number of primary amides is 1. The molecule has 100 valence electrons. The van der Waals surface area contributed by atoms with E-state index in [1.165, 1.54) is 4.68 Å². The Hall–Kier alpha value is -1.96. The van der Waals surface area contributed by atoms with Gasteiger partial charge in [-0.05, 0) is 13.3 Å². The van der Waals surface area contributed by atoms with Crippen LogP contribution in [-0.4, -0.2) is 33.5 Å². The van der Waals surface area contributed by atoms with Crippen LogP contribution in [-0.2, 0) is 16.1 Å². The maximum absolute atomic E-state index is 11.6. The third-order valence-corrected chi connectivity index (χ3v) is 2.46. The molecule has 1 amide bonds. The molecular formula is C10H17N5O3. The van der Waals surface area contributed by atoms with Crippen molar-refractivity contribution in [3.63, 3.8) is 0 Å². The lowest BCUT2D eigenvalue weighted by Gasteiger charge is -2.13. The molecule has 0 aliphatic carbocycles. The number of carbonyl (C=O) groups is 2. The highest BCUT2D eigenvalue weighted by Crippen LogP contribution is 2.15. The molecule has 0 saturated carbocycles. The van der Waals surface area contributed by atoms with Crippen molar-refractivity contribution in [2.24, 2.45) is 11.5 Å². The van der Waals surface area contributed by atoms with Crippen molar-refractivity contribution >= 4 is 11.9 Å². The van der Waals surface area contributed by atoms with Gasteiger partial charge >= 0.3 is 5.97 Å². The van der Waals surface area contributed by atoms with Crippen molar-refractivity contribution in [2.75, 3.05) is 6.61 Å². The lowest BCUT2D eigenvalue weighted by molar-refractivity contribution is -0.121. The molecule has 0 aliphatic heterocycles. The molecule has 0 saturated heterocycles. The molecule has 1 atom stereocenters. The van der Waals surface area contributed by atoms with Gasteiger partial charge in [0.1, 0.15) is 6.04 Å². The number of amides is 1. The first-order valence-electron chi connectivity index (χ1n) is 5.67. The Morgan fingerprint density at radius 1 is 1.44 bits per heavy atom. The van der Waals surface area contributed by atoms with Crippen molar-refractivity contribution in [2.45, 2.75) is 32.9 Å². The minimum Gasteiger partial charge on any atom is -0.461 e. The number of aromatic nitrogens is 3. The molecule has 8 heteroatoms. The summed E-state index contributed by atoms with van der Waals surface area (Å²) in [5, 5.41) is 7.48. The van der Waals surface area contributed by atoms with Crippen LogP contribution in [0.1, 0.15) is 42.5 Å². The van der Waals surface area contributed by atoms with Gasteiger partial charge in [-0.3, -0.25) is 4.79 Å². The van der Waals surface area contributed by atoms with Gasteiger partial charge in [0.15, 0.2) is 5.69 Å². The van der Waals surface area contributed by atoms with E-state index in [-0.39, 0.29) is 18.8 Å².